The van der Waals surface area contributed by atoms with Crippen LogP contribution in [-0.2, 0) is 4.74 Å². The molecule has 0 fully saturated rings. The molecule has 0 amide bonds. The number of ether oxygens (including phenoxy) is 1. The first-order valence-corrected chi connectivity index (χ1v) is 5.95. The monoisotopic (exact) mass is 288 g/mol. The predicted molar refractivity (Wildman–Crippen MR) is 65.9 cm³/mol. The van der Waals surface area contributed by atoms with Crippen molar-refractivity contribution in [2.24, 2.45) is 0 Å². The molecule has 0 aliphatic rings. The smallest absolute Gasteiger partial charge is 0.506 e. The standard InChI is InChI=1S/C10H10O4.CH3Br/c11-6-9(7-14-10(12)13)8-4-2-1-3-5-8;1-2/h1-6,11H,7H2,(H,12,13);1H3. The quantitative estimate of drug-likeness (QED) is 0.509. The molecule has 4 nitrogen and oxygen atoms in total. The van der Waals surface area contributed by atoms with Crippen LogP contribution in [0.1, 0.15) is 5.56 Å². The first kappa shape index (κ1) is 14.5. The lowest BCUT2D eigenvalue weighted by atomic mass is 10.1. The number of carboxylic acid groups (broad SMARTS) is 1. The highest BCUT2D eigenvalue weighted by atomic mass is 79.9. The van der Waals surface area contributed by atoms with E-state index in [1.54, 1.807) is 24.3 Å². The topological polar surface area (TPSA) is 66.8 Å². The van der Waals surface area contributed by atoms with Crippen LogP contribution in [0.3, 0.4) is 0 Å². The molecule has 0 bridgehead atoms. The average molecular weight is 289 g/mol. The van der Waals surface area contributed by atoms with E-state index in [1.165, 1.54) is 0 Å². The van der Waals surface area contributed by atoms with E-state index < -0.39 is 6.16 Å². The molecule has 0 unspecified atom stereocenters. The minimum Gasteiger partial charge on any atom is -0.515 e. The minimum atomic E-state index is -1.36. The van der Waals surface area contributed by atoms with Crippen LogP contribution in [0.25, 0.3) is 5.57 Å². The van der Waals surface area contributed by atoms with Crippen molar-refractivity contribution in [2.75, 3.05) is 12.4 Å². The number of alkyl halides is 1. The Morgan fingerprint density at radius 3 is 2.38 bits per heavy atom. The van der Waals surface area contributed by atoms with Gasteiger partial charge in [-0.3, -0.25) is 0 Å². The lowest BCUT2D eigenvalue weighted by Gasteiger charge is -2.04. The van der Waals surface area contributed by atoms with E-state index in [2.05, 4.69) is 20.7 Å². The number of rotatable bonds is 3. The molecule has 0 spiro atoms. The van der Waals surface area contributed by atoms with Crippen LogP contribution in [0.4, 0.5) is 4.79 Å². The molecule has 0 radical (unpaired) electrons. The maximum absolute atomic E-state index is 10.1. The Morgan fingerprint density at radius 1 is 1.38 bits per heavy atom. The molecule has 1 aromatic carbocycles. The average Bonchev–Trinajstić information content (AvgIpc) is 2.33. The van der Waals surface area contributed by atoms with Crippen LogP contribution in [0, 0.1) is 0 Å². The fourth-order valence-electron chi connectivity index (χ4n) is 0.987. The second kappa shape index (κ2) is 8.79. The van der Waals surface area contributed by atoms with E-state index in [0.29, 0.717) is 5.57 Å². The second-order valence-electron chi connectivity index (χ2n) is 2.57. The molecule has 0 saturated heterocycles. The Bertz CT molecular complexity index is 335. The minimum absolute atomic E-state index is 0.157. The summed E-state index contributed by atoms with van der Waals surface area (Å²) >= 11 is 2.94. The summed E-state index contributed by atoms with van der Waals surface area (Å²) in [7, 11) is 0. The van der Waals surface area contributed by atoms with Gasteiger partial charge in [-0.05, 0) is 11.4 Å². The lowest BCUT2D eigenvalue weighted by Crippen LogP contribution is -2.03. The number of hydrogen-bond acceptors (Lipinski definition) is 3. The zero-order valence-corrected chi connectivity index (χ0v) is 10.3. The highest BCUT2D eigenvalue weighted by molar-refractivity contribution is 9.08. The van der Waals surface area contributed by atoms with Crippen molar-refractivity contribution in [1.82, 2.24) is 0 Å². The number of carbonyl (C=O) groups is 1. The van der Waals surface area contributed by atoms with Crippen molar-refractivity contribution in [2.45, 2.75) is 0 Å². The highest BCUT2D eigenvalue weighted by Crippen LogP contribution is 2.13. The molecular weight excluding hydrogens is 276 g/mol. The molecule has 0 saturated carbocycles. The van der Waals surface area contributed by atoms with Crippen LogP contribution in [-0.4, -0.2) is 28.8 Å². The summed E-state index contributed by atoms with van der Waals surface area (Å²) in [5, 5.41) is 17.1. The van der Waals surface area contributed by atoms with Crippen molar-refractivity contribution in [3.05, 3.63) is 42.2 Å². The Balaban J connectivity index is 0.00000106. The number of aliphatic hydroxyl groups excluding tert-OH is 1. The van der Waals surface area contributed by atoms with Gasteiger partial charge in [0.25, 0.3) is 0 Å². The summed E-state index contributed by atoms with van der Waals surface area (Å²) in [5.74, 6) is 1.81. The van der Waals surface area contributed by atoms with Gasteiger partial charge in [-0.25, -0.2) is 4.79 Å². The van der Waals surface area contributed by atoms with Gasteiger partial charge in [-0.2, -0.15) is 0 Å². The summed E-state index contributed by atoms with van der Waals surface area (Å²) in [6, 6.07) is 8.93. The normalized spacial score (nSPS) is 10.0. The summed E-state index contributed by atoms with van der Waals surface area (Å²) in [6.45, 7) is -0.157. The molecule has 5 heteroatoms. The highest BCUT2D eigenvalue weighted by Gasteiger charge is 2.04. The van der Waals surface area contributed by atoms with E-state index >= 15 is 0 Å². The fraction of sp³-hybridized carbons (Fsp3) is 0.182. The van der Waals surface area contributed by atoms with Crippen LogP contribution in [0.5, 0.6) is 0 Å². The molecule has 0 heterocycles. The summed E-state index contributed by atoms with van der Waals surface area (Å²) in [5.41, 5.74) is 1.16. The summed E-state index contributed by atoms with van der Waals surface area (Å²) in [6.07, 6.45) is -0.515. The van der Waals surface area contributed by atoms with Crippen molar-refractivity contribution in [1.29, 1.82) is 0 Å². The van der Waals surface area contributed by atoms with Gasteiger partial charge in [0.15, 0.2) is 0 Å². The Kier molecular flexibility index (Phi) is 7.97. The summed E-state index contributed by atoms with van der Waals surface area (Å²) < 4.78 is 4.34. The maximum Gasteiger partial charge on any atom is 0.506 e. The van der Waals surface area contributed by atoms with Crippen LogP contribution in [0.15, 0.2) is 36.6 Å². The number of aliphatic hydroxyl groups is 1. The number of benzene rings is 1. The molecule has 1 rings (SSSR count). The molecular formula is C11H13BrO4. The van der Waals surface area contributed by atoms with Gasteiger partial charge >= 0.3 is 6.16 Å². The molecule has 0 atom stereocenters. The molecule has 0 aromatic heterocycles. The largest absolute Gasteiger partial charge is 0.515 e. The third kappa shape index (κ3) is 5.41. The summed E-state index contributed by atoms with van der Waals surface area (Å²) in [4.78, 5) is 10.1. The van der Waals surface area contributed by atoms with E-state index in [0.717, 1.165) is 11.8 Å². The van der Waals surface area contributed by atoms with Gasteiger partial charge < -0.3 is 14.9 Å². The fourth-order valence-corrected chi connectivity index (χ4v) is 0.987. The molecule has 88 valence electrons. The van der Waals surface area contributed by atoms with Crippen molar-refractivity contribution < 1.29 is 19.7 Å². The SMILES string of the molecule is CBr.O=C(O)OCC(=CO)c1ccccc1. The Morgan fingerprint density at radius 2 is 1.94 bits per heavy atom. The van der Waals surface area contributed by atoms with Crippen LogP contribution in [0.2, 0.25) is 0 Å². The molecule has 16 heavy (non-hydrogen) atoms. The van der Waals surface area contributed by atoms with E-state index in [9.17, 15) is 4.79 Å². The maximum atomic E-state index is 10.1. The van der Waals surface area contributed by atoms with Gasteiger partial charge in [-0.15, -0.1) is 0 Å². The van der Waals surface area contributed by atoms with Crippen LogP contribution >= 0.6 is 15.9 Å². The molecule has 0 aliphatic carbocycles. The Labute approximate surface area is 102 Å². The van der Waals surface area contributed by atoms with Gasteiger partial charge in [0, 0.05) is 5.57 Å². The predicted octanol–water partition coefficient (Wildman–Crippen LogP) is 3.29. The van der Waals surface area contributed by atoms with E-state index in [-0.39, 0.29) is 6.61 Å². The van der Waals surface area contributed by atoms with E-state index in [1.807, 2.05) is 11.9 Å². The van der Waals surface area contributed by atoms with Gasteiger partial charge in [-0.1, -0.05) is 46.3 Å². The first-order chi connectivity index (χ1) is 7.74. The van der Waals surface area contributed by atoms with Crippen molar-refractivity contribution in [3.63, 3.8) is 0 Å². The van der Waals surface area contributed by atoms with Crippen LogP contribution < -0.4 is 0 Å². The number of hydrogen-bond donors (Lipinski definition) is 2. The van der Waals surface area contributed by atoms with Gasteiger partial charge in [0.1, 0.15) is 6.61 Å². The third-order valence-electron chi connectivity index (χ3n) is 1.65. The number of halogens is 1. The van der Waals surface area contributed by atoms with Gasteiger partial charge in [0.2, 0.25) is 0 Å². The zero-order valence-electron chi connectivity index (χ0n) is 8.76. The third-order valence-corrected chi connectivity index (χ3v) is 1.65. The van der Waals surface area contributed by atoms with Gasteiger partial charge in [0.05, 0.1) is 6.26 Å². The molecule has 1 aromatic rings. The van der Waals surface area contributed by atoms with Crippen molar-refractivity contribution >= 4 is 27.7 Å². The first-order valence-electron chi connectivity index (χ1n) is 4.36. The zero-order chi connectivity index (χ0) is 12.4. The van der Waals surface area contributed by atoms with E-state index in [4.69, 9.17) is 10.2 Å². The Hall–Kier alpha value is -1.49. The molecule has 2 N–H and O–H groups in total. The lowest BCUT2D eigenvalue weighted by molar-refractivity contribution is 0.103. The second-order valence-corrected chi connectivity index (χ2v) is 2.57. The van der Waals surface area contributed by atoms with Crippen molar-refractivity contribution in [3.8, 4) is 0 Å². The molecule has 0 aliphatic heterocycles.